The zero-order valence-corrected chi connectivity index (χ0v) is 22.0. The molecule has 1 N–H and O–H groups in total. The Labute approximate surface area is 215 Å². The van der Waals surface area contributed by atoms with E-state index in [4.69, 9.17) is 11.6 Å². The first-order valence-electron chi connectivity index (χ1n) is 11.4. The third-order valence-corrected chi connectivity index (χ3v) is 8.99. The third-order valence-electron chi connectivity index (χ3n) is 5.92. The van der Waals surface area contributed by atoms with Gasteiger partial charge in [0, 0.05) is 24.5 Å². The van der Waals surface area contributed by atoms with Gasteiger partial charge in [-0.25, -0.2) is 18.4 Å². The minimum Gasteiger partial charge on any atom is -0.321 e. The highest BCUT2D eigenvalue weighted by Gasteiger charge is 2.28. The second-order valence-corrected chi connectivity index (χ2v) is 11.9. The first-order chi connectivity index (χ1) is 16.7. The average molecular weight is 531 g/mol. The molecular formula is C25H27ClN4O3S2. The summed E-state index contributed by atoms with van der Waals surface area (Å²) in [7, 11) is -3.56. The summed E-state index contributed by atoms with van der Waals surface area (Å²) in [6.07, 6.45) is 3.31. The Balaban J connectivity index is 1.44. The van der Waals surface area contributed by atoms with Crippen molar-refractivity contribution in [2.75, 3.05) is 18.4 Å². The molecule has 1 aliphatic rings. The molecule has 0 bridgehead atoms. The highest BCUT2D eigenvalue weighted by molar-refractivity contribution is 7.98. The number of carbonyl (C=O) groups excluding carboxylic acids is 1. The number of hydrogen-bond donors (Lipinski definition) is 1. The molecule has 1 aromatic heterocycles. The molecule has 3 aromatic rings. The maximum absolute atomic E-state index is 13.0. The van der Waals surface area contributed by atoms with Crippen LogP contribution in [0.25, 0.3) is 0 Å². The van der Waals surface area contributed by atoms with Gasteiger partial charge in [-0.2, -0.15) is 4.31 Å². The third kappa shape index (κ3) is 6.22. The summed E-state index contributed by atoms with van der Waals surface area (Å²) in [4.78, 5) is 21.6. The molecule has 1 fully saturated rings. The zero-order chi connectivity index (χ0) is 25.0. The number of amides is 1. The smallest absolute Gasteiger partial charge is 0.275 e. The molecule has 0 saturated carbocycles. The van der Waals surface area contributed by atoms with Crippen LogP contribution in [0.4, 0.5) is 5.69 Å². The number of aryl methyl sites for hydroxylation is 1. The molecule has 2 aromatic carbocycles. The second-order valence-electron chi connectivity index (χ2n) is 8.65. The first kappa shape index (κ1) is 25.6. The van der Waals surface area contributed by atoms with Crippen LogP contribution in [-0.4, -0.2) is 41.7 Å². The van der Waals surface area contributed by atoms with Crippen molar-refractivity contribution in [2.45, 2.75) is 42.5 Å². The van der Waals surface area contributed by atoms with E-state index in [-0.39, 0.29) is 15.6 Å². The fourth-order valence-corrected chi connectivity index (χ4v) is 6.58. The Kier molecular flexibility index (Phi) is 8.11. The van der Waals surface area contributed by atoms with Crippen molar-refractivity contribution >= 4 is 45.0 Å². The van der Waals surface area contributed by atoms with Crippen LogP contribution in [0, 0.1) is 12.8 Å². The lowest BCUT2D eigenvalue weighted by molar-refractivity contribution is 0.102. The van der Waals surface area contributed by atoms with Crippen LogP contribution in [0.15, 0.2) is 64.8 Å². The van der Waals surface area contributed by atoms with Crippen LogP contribution in [0.2, 0.25) is 5.02 Å². The number of anilines is 1. The van der Waals surface area contributed by atoms with E-state index in [2.05, 4.69) is 22.2 Å². The van der Waals surface area contributed by atoms with Crippen molar-refractivity contribution in [1.29, 1.82) is 0 Å². The maximum atomic E-state index is 13.0. The summed E-state index contributed by atoms with van der Waals surface area (Å²) >= 11 is 7.62. The van der Waals surface area contributed by atoms with Crippen molar-refractivity contribution in [3.63, 3.8) is 0 Å². The molecule has 1 unspecified atom stereocenters. The fraction of sp³-hybridized carbons (Fsp3) is 0.320. The van der Waals surface area contributed by atoms with E-state index in [1.54, 1.807) is 12.1 Å². The van der Waals surface area contributed by atoms with E-state index in [0.717, 1.165) is 18.4 Å². The molecular weight excluding hydrogens is 504 g/mol. The average Bonchev–Trinajstić information content (AvgIpc) is 2.84. The largest absolute Gasteiger partial charge is 0.321 e. The van der Waals surface area contributed by atoms with Gasteiger partial charge in [0.25, 0.3) is 5.91 Å². The van der Waals surface area contributed by atoms with E-state index >= 15 is 0 Å². The molecule has 0 spiro atoms. The number of halogens is 1. The SMILES string of the molecule is Cc1ccccc1CSc1ncc(Cl)c(C(=O)Nc2ccc(S(=O)(=O)N3CCCC(C)C3)cc2)n1. The number of benzene rings is 2. The number of rotatable bonds is 7. The van der Waals surface area contributed by atoms with E-state index in [9.17, 15) is 13.2 Å². The lowest BCUT2D eigenvalue weighted by Gasteiger charge is -2.30. The predicted octanol–water partition coefficient (Wildman–Crippen LogP) is 5.40. The molecule has 0 aliphatic carbocycles. The summed E-state index contributed by atoms with van der Waals surface area (Å²) in [5, 5.41) is 3.33. The van der Waals surface area contributed by atoms with Crippen LogP contribution in [0.5, 0.6) is 0 Å². The molecule has 2 heterocycles. The number of carbonyl (C=O) groups is 1. The van der Waals surface area contributed by atoms with Crippen molar-refractivity contribution in [3.8, 4) is 0 Å². The van der Waals surface area contributed by atoms with Gasteiger partial charge < -0.3 is 5.32 Å². The molecule has 1 aliphatic heterocycles. The van der Waals surface area contributed by atoms with Gasteiger partial charge in [0.15, 0.2) is 10.9 Å². The van der Waals surface area contributed by atoms with Gasteiger partial charge in [-0.05, 0) is 61.1 Å². The number of aromatic nitrogens is 2. The highest BCUT2D eigenvalue weighted by Crippen LogP contribution is 2.26. The van der Waals surface area contributed by atoms with Gasteiger partial charge in [0.05, 0.1) is 16.1 Å². The molecule has 35 heavy (non-hydrogen) atoms. The van der Waals surface area contributed by atoms with Crippen molar-refractivity contribution in [3.05, 3.63) is 76.6 Å². The maximum Gasteiger partial charge on any atom is 0.275 e. The van der Waals surface area contributed by atoms with Crippen molar-refractivity contribution in [2.24, 2.45) is 5.92 Å². The molecule has 0 radical (unpaired) electrons. The summed E-state index contributed by atoms with van der Waals surface area (Å²) in [5.74, 6) is 0.520. The molecule has 10 heteroatoms. The number of thioether (sulfide) groups is 1. The molecule has 4 rings (SSSR count). The fourth-order valence-electron chi connectivity index (χ4n) is 3.91. The van der Waals surface area contributed by atoms with Crippen molar-refractivity contribution < 1.29 is 13.2 Å². The van der Waals surface area contributed by atoms with Crippen LogP contribution in [0.1, 0.15) is 41.4 Å². The van der Waals surface area contributed by atoms with Gasteiger partial charge in [0.1, 0.15) is 0 Å². The standard InChI is InChI=1S/C25H27ClN4O3S2/c1-17-6-5-13-30(15-17)35(32,33)21-11-9-20(10-12-21)28-24(31)23-22(26)14-27-25(29-23)34-16-19-8-4-3-7-18(19)2/h3-4,7-12,14,17H,5-6,13,15-16H2,1-2H3,(H,28,31). The minimum atomic E-state index is -3.56. The Hall–Kier alpha value is -2.46. The summed E-state index contributed by atoms with van der Waals surface area (Å²) in [6, 6.07) is 14.2. The number of nitrogens with zero attached hydrogens (tertiary/aromatic N) is 3. The van der Waals surface area contributed by atoms with Crippen LogP contribution < -0.4 is 5.32 Å². The summed E-state index contributed by atoms with van der Waals surface area (Å²) in [5.41, 5.74) is 2.85. The topological polar surface area (TPSA) is 92.3 Å². The highest BCUT2D eigenvalue weighted by atomic mass is 35.5. The Morgan fingerprint density at radius 2 is 1.94 bits per heavy atom. The van der Waals surface area contributed by atoms with Crippen LogP contribution >= 0.6 is 23.4 Å². The van der Waals surface area contributed by atoms with Gasteiger partial charge in [-0.3, -0.25) is 4.79 Å². The predicted molar refractivity (Wildman–Crippen MR) is 139 cm³/mol. The molecule has 1 saturated heterocycles. The van der Waals surface area contributed by atoms with Crippen molar-refractivity contribution in [1.82, 2.24) is 14.3 Å². The lowest BCUT2D eigenvalue weighted by Crippen LogP contribution is -2.39. The minimum absolute atomic E-state index is 0.0629. The first-order valence-corrected chi connectivity index (χ1v) is 14.2. The number of nitrogens with one attached hydrogen (secondary N) is 1. The summed E-state index contributed by atoms with van der Waals surface area (Å²) in [6.45, 7) is 5.16. The second kappa shape index (κ2) is 11.1. The normalized spacial score (nSPS) is 16.7. The Bertz CT molecular complexity index is 1320. The quantitative estimate of drug-likeness (QED) is 0.324. The van der Waals surface area contributed by atoms with E-state index in [1.165, 1.54) is 40.0 Å². The van der Waals surface area contributed by atoms with Crippen LogP contribution in [-0.2, 0) is 15.8 Å². The molecule has 7 nitrogen and oxygen atoms in total. The van der Waals surface area contributed by atoms with Gasteiger partial charge in [-0.15, -0.1) is 0 Å². The van der Waals surface area contributed by atoms with Gasteiger partial charge in [0.2, 0.25) is 10.0 Å². The zero-order valence-electron chi connectivity index (χ0n) is 19.6. The lowest BCUT2D eigenvalue weighted by atomic mass is 10.0. The number of hydrogen-bond acceptors (Lipinski definition) is 6. The Morgan fingerprint density at radius 1 is 1.20 bits per heavy atom. The van der Waals surface area contributed by atoms with E-state index in [1.807, 2.05) is 31.2 Å². The van der Waals surface area contributed by atoms with E-state index < -0.39 is 15.9 Å². The molecule has 1 atom stereocenters. The summed E-state index contributed by atoms with van der Waals surface area (Å²) < 4.78 is 27.4. The number of sulfonamides is 1. The molecule has 1 amide bonds. The van der Waals surface area contributed by atoms with E-state index in [0.29, 0.717) is 35.6 Å². The Morgan fingerprint density at radius 3 is 2.66 bits per heavy atom. The monoisotopic (exact) mass is 530 g/mol. The number of piperidine rings is 1. The van der Waals surface area contributed by atoms with Gasteiger partial charge >= 0.3 is 0 Å². The molecule has 184 valence electrons. The van der Waals surface area contributed by atoms with Crippen LogP contribution in [0.3, 0.4) is 0 Å². The van der Waals surface area contributed by atoms with Gasteiger partial charge in [-0.1, -0.05) is 54.6 Å².